The Morgan fingerprint density at radius 3 is 2.15 bits per heavy atom. The molecule has 7 nitrogen and oxygen atoms in total. The molecular formula is C18H19N3O4S. The Morgan fingerprint density at radius 2 is 1.58 bits per heavy atom. The van der Waals surface area contributed by atoms with E-state index in [1.165, 1.54) is 16.4 Å². The van der Waals surface area contributed by atoms with E-state index in [9.17, 15) is 18.5 Å². The number of sulfonamides is 1. The maximum absolute atomic E-state index is 12.6. The van der Waals surface area contributed by atoms with Crippen LogP contribution in [0.25, 0.3) is 0 Å². The smallest absolute Gasteiger partial charge is 0.258 e. The van der Waals surface area contributed by atoms with Crippen LogP contribution in [-0.2, 0) is 10.0 Å². The molecule has 0 aromatic heterocycles. The zero-order valence-corrected chi connectivity index (χ0v) is 14.9. The second kappa shape index (κ2) is 7.76. The maximum atomic E-state index is 12.6. The molecule has 0 aliphatic carbocycles. The zero-order valence-electron chi connectivity index (χ0n) is 14.1. The van der Waals surface area contributed by atoms with Gasteiger partial charge < -0.3 is 0 Å². The van der Waals surface area contributed by atoms with Gasteiger partial charge in [0.2, 0.25) is 10.0 Å². The topological polar surface area (TPSA) is 92.9 Å². The van der Waals surface area contributed by atoms with Crippen molar-refractivity contribution in [3.8, 4) is 0 Å². The largest absolute Gasteiger partial charge is 0.269 e. The van der Waals surface area contributed by atoms with Gasteiger partial charge in [-0.25, -0.2) is 8.42 Å². The van der Waals surface area contributed by atoms with Crippen molar-refractivity contribution in [1.29, 1.82) is 0 Å². The lowest BCUT2D eigenvalue weighted by molar-refractivity contribution is -0.384. The Labute approximate surface area is 152 Å². The summed E-state index contributed by atoms with van der Waals surface area (Å²) in [7, 11) is -3.44. The molecule has 0 saturated carbocycles. The van der Waals surface area contributed by atoms with Crippen LogP contribution in [0.15, 0.2) is 58.4 Å². The molecule has 1 fully saturated rings. The summed E-state index contributed by atoms with van der Waals surface area (Å²) in [5, 5.41) is 10.6. The molecule has 1 saturated heterocycles. The van der Waals surface area contributed by atoms with Crippen molar-refractivity contribution >= 4 is 27.6 Å². The number of hydrogen-bond acceptors (Lipinski definition) is 5. The third-order valence-corrected chi connectivity index (χ3v) is 6.17. The zero-order chi connectivity index (χ0) is 18.6. The maximum Gasteiger partial charge on any atom is 0.269 e. The number of aliphatic imine (C=N–C) groups is 1. The van der Waals surface area contributed by atoms with Crippen LogP contribution in [0.4, 0.5) is 11.4 Å². The van der Waals surface area contributed by atoms with Crippen LogP contribution >= 0.6 is 0 Å². The van der Waals surface area contributed by atoms with E-state index < -0.39 is 14.9 Å². The minimum Gasteiger partial charge on any atom is -0.258 e. The summed E-state index contributed by atoms with van der Waals surface area (Å²) in [4.78, 5) is 14.7. The number of nitro groups is 1. The Bertz CT molecular complexity index is 900. The third kappa shape index (κ3) is 4.14. The van der Waals surface area contributed by atoms with Crippen molar-refractivity contribution in [1.82, 2.24) is 4.31 Å². The van der Waals surface area contributed by atoms with Crippen molar-refractivity contribution in [2.24, 2.45) is 4.99 Å². The fraction of sp³-hybridized carbons (Fsp3) is 0.278. The molecular weight excluding hydrogens is 354 g/mol. The summed E-state index contributed by atoms with van der Waals surface area (Å²) >= 11 is 0. The lowest BCUT2D eigenvalue weighted by atomic mass is 10.2. The van der Waals surface area contributed by atoms with E-state index in [2.05, 4.69) is 4.99 Å². The van der Waals surface area contributed by atoms with Crippen LogP contribution in [0.2, 0.25) is 0 Å². The number of hydrogen-bond donors (Lipinski definition) is 0. The fourth-order valence-electron chi connectivity index (χ4n) is 2.79. The van der Waals surface area contributed by atoms with Gasteiger partial charge in [-0.05, 0) is 54.8 Å². The van der Waals surface area contributed by atoms with Gasteiger partial charge in [-0.1, -0.05) is 6.42 Å². The highest BCUT2D eigenvalue weighted by Gasteiger charge is 2.25. The number of piperidine rings is 1. The summed E-state index contributed by atoms with van der Waals surface area (Å²) < 4.78 is 26.7. The predicted octanol–water partition coefficient (Wildman–Crippen LogP) is 3.52. The monoisotopic (exact) mass is 373 g/mol. The van der Waals surface area contributed by atoms with Crippen LogP contribution < -0.4 is 0 Å². The van der Waals surface area contributed by atoms with Gasteiger partial charge in [0.1, 0.15) is 0 Å². The van der Waals surface area contributed by atoms with Crippen molar-refractivity contribution in [2.75, 3.05) is 13.1 Å². The van der Waals surface area contributed by atoms with Gasteiger partial charge in [-0.2, -0.15) is 4.31 Å². The number of rotatable bonds is 5. The number of benzene rings is 2. The van der Waals surface area contributed by atoms with Crippen LogP contribution in [0.5, 0.6) is 0 Å². The first-order chi connectivity index (χ1) is 12.5. The van der Waals surface area contributed by atoms with E-state index in [1.54, 1.807) is 42.6 Å². The molecule has 0 unspecified atom stereocenters. The van der Waals surface area contributed by atoms with Gasteiger partial charge in [-0.3, -0.25) is 15.1 Å². The van der Waals surface area contributed by atoms with E-state index in [0.29, 0.717) is 18.8 Å². The Kier molecular flexibility index (Phi) is 5.43. The average molecular weight is 373 g/mol. The van der Waals surface area contributed by atoms with Crippen LogP contribution in [0, 0.1) is 10.1 Å². The Morgan fingerprint density at radius 1 is 0.962 bits per heavy atom. The van der Waals surface area contributed by atoms with Crippen LogP contribution in [0.3, 0.4) is 0 Å². The molecule has 0 N–H and O–H groups in total. The quantitative estimate of drug-likeness (QED) is 0.455. The van der Waals surface area contributed by atoms with E-state index in [4.69, 9.17) is 0 Å². The van der Waals surface area contributed by atoms with E-state index in [1.807, 2.05) is 0 Å². The second-order valence-electron chi connectivity index (χ2n) is 6.07. The molecule has 0 atom stereocenters. The molecule has 0 radical (unpaired) electrons. The van der Waals surface area contributed by atoms with Gasteiger partial charge in [-0.15, -0.1) is 0 Å². The SMILES string of the molecule is O=[N+]([O-])c1ccc(C=Nc2ccc(S(=O)(=O)N3CCCCC3)cc2)cc1. The number of nitro benzene ring substituents is 1. The molecule has 1 aliphatic heterocycles. The lowest BCUT2D eigenvalue weighted by Gasteiger charge is -2.25. The minimum atomic E-state index is -3.44. The third-order valence-electron chi connectivity index (χ3n) is 4.26. The standard InChI is InChI=1S/C18H19N3O4S/c22-21(23)17-8-4-15(5-9-17)14-19-16-6-10-18(11-7-16)26(24,25)20-12-2-1-3-13-20/h4-11,14H,1-3,12-13H2. The van der Waals surface area contributed by atoms with E-state index >= 15 is 0 Å². The first-order valence-corrected chi connectivity index (χ1v) is 9.79. The molecule has 3 rings (SSSR count). The summed E-state index contributed by atoms with van der Waals surface area (Å²) in [6.45, 7) is 1.14. The number of nitrogens with zero attached hydrogens (tertiary/aromatic N) is 3. The van der Waals surface area contributed by atoms with E-state index in [-0.39, 0.29) is 10.6 Å². The summed E-state index contributed by atoms with van der Waals surface area (Å²) in [5.41, 5.74) is 1.36. The van der Waals surface area contributed by atoms with E-state index in [0.717, 1.165) is 24.8 Å². The predicted molar refractivity (Wildman–Crippen MR) is 99.4 cm³/mol. The molecule has 8 heteroatoms. The molecule has 26 heavy (non-hydrogen) atoms. The average Bonchev–Trinajstić information content (AvgIpc) is 2.67. The molecule has 1 heterocycles. The van der Waals surface area contributed by atoms with Gasteiger partial charge in [0.05, 0.1) is 15.5 Å². The van der Waals surface area contributed by atoms with Crippen molar-refractivity contribution in [3.05, 3.63) is 64.2 Å². The Hall–Kier alpha value is -2.58. The summed E-state index contributed by atoms with van der Waals surface area (Å²) in [6.07, 6.45) is 4.45. The molecule has 0 spiro atoms. The second-order valence-corrected chi connectivity index (χ2v) is 8.00. The molecule has 1 aliphatic rings. The Balaban J connectivity index is 1.72. The normalized spacial score (nSPS) is 16.0. The lowest BCUT2D eigenvalue weighted by Crippen LogP contribution is -2.35. The molecule has 2 aromatic rings. The van der Waals surface area contributed by atoms with Crippen molar-refractivity contribution in [3.63, 3.8) is 0 Å². The van der Waals surface area contributed by atoms with Crippen LogP contribution in [-0.4, -0.2) is 37.0 Å². The molecule has 2 aromatic carbocycles. The highest BCUT2D eigenvalue weighted by atomic mass is 32.2. The van der Waals surface area contributed by atoms with Gasteiger partial charge in [0.15, 0.2) is 0 Å². The highest BCUT2D eigenvalue weighted by Crippen LogP contribution is 2.23. The molecule has 136 valence electrons. The van der Waals surface area contributed by atoms with Crippen LogP contribution in [0.1, 0.15) is 24.8 Å². The van der Waals surface area contributed by atoms with Crippen molar-refractivity contribution in [2.45, 2.75) is 24.2 Å². The minimum absolute atomic E-state index is 0.0226. The fourth-order valence-corrected chi connectivity index (χ4v) is 4.31. The number of non-ortho nitro benzene ring substituents is 1. The van der Waals surface area contributed by atoms with Gasteiger partial charge in [0.25, 0.3) is 5.69 Å². The first-order valence-electron chi connectivity index (χ1n) is 8.35. The molecule has 0 bridgehead atoms. The van der Waals surface area contributed by atoms with Crippen molar-refractivity contribution < 1.29 is 13.3 Å². The van der Waals surface area contributed by atoms with Gasteiger partial charge >= 0.3 is 0 Å². The highest BCUT2D eigenvalue weighted by molar-refractivity contribution is 7.89. The molecule has 0 amide bonds. The first kappa shape index (κ1) is 18.2. The summed E-state index contributed by atoms with van der Waals surface area (Å²) in [6, 6.07) is 12.5. The van der Waals surface area contributed by atoms with Gasteiger partial charge in [0, 0.05) is 31.4 Å². The summed E-state index contributed by atoms with van der Waals surface area (Å²) in [5.74, 6) is 0.